The molecule has 0 aliphatic carbocycles. The Morgan fingerprint density at radius 2 is 1.91 bits per heavy atom. The van der Waals surface area contributed by atoms with Crippen LogP contribution in [0.1, 0.15) is 39.7 Å². The van der Waals surface area contributed by atoms with Gasteiger partial charge in [0.15, 0.2) is 22.4 Å². The molecule has 1 fully saturated rings. The third kappa shape index (κ3) is 4.54. The third-order valence-electron chi connectivity index (χ3n) is 5.78. The summed E-state index contributed by atoms with van der Waals surface area (Å²) in [5.41, 5.74) is -0.869. The smallest absolute Gasteiger partial charge is 0.333 e. The van der Waals surface area contributed by atoms with Crippen LogP contribution >= 0.6 is 11.3 Å². The highest BCUT2D eigenvalue weighted by Gasteiger charge is 2.24. The van der Waals surface area contributed by atoms with E-state index in [2.05, 4.69) is 22.1 Å². The van der Waals surface area contributed by atoms with Crippen molar-refractivity contribution in [1.82, 2.24) is 14.1 Å². The maximum absolute atomic E-state index is 13.5. The van der Waals surface area contributed by atoms with Crippen LogP contribution in [0.4, 0.5) is 19.6 Å². The molecule has 3 aromatic rings. The first-order valence-electron chi connectivity index (χ1n) is 10.8. The average molecular weight is 478 g/mol. The molecule has 0 radical (unpaired) electrons. The molecule has 1 saturated heterocycles. The van der Waals surface area contributed by atoms with Gasteiger partial charge >= 0.3 is 5.69 Å². The number of nitrogens with one attached hydrogen (secondary N) is 1. The molecule has 3 heterocycles. The van der Waals surface area contributed by atoms with Crippen molar-refractivity contribution in [3.8, 4) is 0 Å². The summed E-state index contributed by atoms with van der Waals surface area (Å²) in [5, 5.41) is 3.10. The first-order chi connectivity index (χ1) is 15.7. The predicted octanol–water partition coefficient (Wildman–Crippen LogP) is 3.35. The fraction of sp³-hybridized carbons (Fsp3) is 0.455. The molecule has 4 rings (SSSR count). The molecule has 0 spiro atoms. The van der Waals surface area contributed by atoms with E-state index in [1.807, 2.05) is 0 Å². The van der Waals surface area contributed by atoms with Gasteiger partial charge in [-0.15, -0.1) is 0 Å². The predicted molar refractivity (Wildman–Crippen MR) is 124 cm³/mol. The van der Waals surface area contributed by atoms with Crippen LogP contribution in [0.5, 0.6) is 0 Å². The Bertz CT molecular complexity index is 1320. The van der Waals surface area contributed by atoms with Crippen molar-refractivity contribution < 1.29 is 13.6 Å². The van der Waals surface area contributed by atoms with Crippen LogP contribution in [0, 0.1) is 17.6 Å². The Balaban J connectivity index is 1.73. The lowest BCUT2D eigenvalue weighted by Crippen LogP contribution is -2.42. The maximum atomic E-state index is 13.5. The largest absolute Gasteiger partial charge is 0.348 e. The third-order valence-corrected chi connectivity index (χ3v) is 6.87. The van der Waals surface area contributed by atoms with Gasteiger partial charge in [0.1, 0.15) is 11.2 Å². The van der Waals surface area contributed by atoms with Crippen molar-refractivity contribution in [2.75, 3.05) is 23.3 Å². The van der Waals surface area contributed by atoms with E-state index in [9.17, 15) is 23.2 Å². The number of fused-ring (bicyclic) bond motifs is 1. The number of hydrogen-bond acceptors (Lipinski definition) is 6. The molecule has 0 saturated carbocycles. The zero-order chi connectivity index (χ0) is 23.9. The molecule has 1 aromatic carbocycles. The fourth-order valence-electron chi connectivity index (χ4n) is 3.89. The number of benzene rings is 1. The summed E-state index contributed by atoms with van der Waals surface area (Å²) in [4.78, 5) is 45.6. The average Bonchev–Trinajstić information content (AvgIpc) is 3.20. The number of hydrogen-bond donors (Lipinski definition) is 1. The number of halogens is 2. The van der Waals surface area contributed by atoms with E-state index in [4.69, 9.17) is 0 Å². The second kappa shape index (κ2) is 9.05. The fourth-order valence-corrected chi connectivity index (χ4v) is 4.95. The van der Waals surface area contributed by atoms with Gasteiger partial charge in [-0.25, -0.2) is 18.6 Å². The van der Waals surface area contributed by atoms with Gasteiger partial charge in [-0.3, -0.25) is 18.7 Å². The normalized spacial score (nSPS) is 14.9. The number of nitrogens with zero attached hydrogens (tertiary/aromatic N) is 4. The van der Waals surface area contributed by atoms with Crippen LogP contribution in [0.3, 0.4) is 0 Å². The number of rotatable bonds is 5. The Kier molecular flexibility index (Phi) is 6.33. The van der Waals surface area contributed by atoms with Crippen molar-refractivity contribution in [3.05, 3.63) is 50.7 Å². The Hall–Kier alpha value is -3.08. The minimum atomic E-state index is -1.10. The van der Waals surface area contributed by atoms with E-state index >= 15 is 0 Å². The second-order valence-electron chi connectivity index (χ2n) is 8.63. The van der Waals surface area contributed by atoms with Gasteiger partial charge in [-0.05, 0) is 44.7 Å². The molecule has 1 amide bonds. The number of amides is 1. The van der Waals surface area contributed by atoms with Crippen LogP contribution in [0.15, 0.2) is 27.8 Å². The van der Waals surface area contributed by atoms with Crippen molar-refractivity contribution in [3.63, 3.8) is 0 Å². The molecule has 176 valence electrons. The highest BCUT2D eigenvalue weighted by atomic mass is 32.1. The second-order valence-corrected chi connectivity index (χ2v) is 9.61. The van der Waals surface area contributed by atoms with Crippen molar-refractivity contribution in [1.29, 1.82) is 0 Å². The number of aromatic nitrogens is 3. The summed E-state index contributed by atoms with van der Waals surface area (Å²) < 4.78 is 29.2. The summed E-state index contributed by atoms with van der Waals surface area (Å²) >= 11 is 1.22. The van der Waals surface area contributed by atoms with Crippen LogP contribution in [0.25, 0.3) is 10.3 Å². The SMILES string of the molecule is CC1CCN(c2nc3c(s2)c(=O)n(C(C)C)c(=O)n3CC(=O)Nc2ccc(F)c(F)c2)CC1. The van der Waals surface area contributed by atoms with Gasteiger partial charge in [-0.1, -0.05) is 18.3 Å². The minimum Gasteiger partial charge on any atom is -0.348 e. The van der Waals surface area contributed by atoms with E-state index in [0.29, 0.717) is 15.7 Å². The zero-order valence-electron chi connectivity index (χ0n) is 18.6. The van der Waals surface area contributed by atoms with Crippen molar-refractivity contribution >= 4 is 38.4 Å². The highest BCUT2D eigenvalue weighted by molar-refractivity contribution is 7.22. The first-order valence-corrected chi connectivity index (χ1v) is 11.6. The van der Waals surface area contributed by atoms with Gasteiger partial charge in [0.05, 0.1) is 0 Å². The summed E-state index contributed by atoms with van der Waals surface area (Å²) in [5.74, 6) is -2.13. The van der Waals surface area contributed by atoms with E-state index in [-0.39, 0.29) is 11.3 Å². The summed E-state index contributed by atoms with van der Waals surface area (Å²) in [6.07, 6.45) is 2.02. The number of carbonyl (C=O) groups excluding carboxylic acids is 1. The molecule has 11 heteroatoms. The number of thiazole rings is 1. The molecular weight excluding hydrogens is 452 g/mol. The molecule has 1 N–H and O–H groups in total. The van der Waals surface area contributed by atoms with E-state index in [0.717, 1.165) is 42.6 Å². The van der Waals surface area contributed by atoms with Gasteiger partial charge < -0.3 is 10.2 Å². The standard InChI is InChI=1S/C22H25F2N5O3S/c1-12(2)29-20(31)18-19(26-21(33-18)27-8-6-13(3)7-9-27)28(22(29)32)11-17(30)25-14-4-5-15(23)16(24)10-14/h4-5,10,12-13H,6-9,11H2,1-3H3,(H,25,30). The maximum Gasteiger partial charge on any atom is 0.333 e. The molecule has 2 aromatic heterocycles. The number of piperidine rings is 1. The monoisotopic (exact) mass is 477 g/mol. The molecule has 8 nitrogen and oxygen atoms in total. The summed E-state index contributed by atoms with van der Waals surface area (Å²) in [7, 11) is 0. The zero-order valence-corrected chi connectivity index (χ0v) is 19.4. The van der Waals surface area contributed by atoms with E-state index in [1.165, 1.54) is 22.0 Å². The number of carbonyl (C=O) groups is 1. The van der Waals surface area contributed by atoms with Gasteiger partial charge in [0, 0.05) is 30.9 Å². The van der Waals surface area contributed by atoms with Gasteiger partial charge in [-0.2, -0.15) is 0 Å². The van der Waals surface area contributed by atoms with Crippen LogP contribution in [-0.2, 0) is 11.3 Å². The van der Waals surface area contributed by atoms with E-state index < -0.39 is 41.4 Å². The lowest BCUT2D eigenvalue weighted by molar-refractivity contribution is -0.116. The Labute approximate surface area is 192 Å². The molecule has 0 unspecified atom stereocenters. The van der Waals surface area contributed by atoms with Crippen LogP contribution in [0.2, 0.25) is 0 Å². The first kappa shape index (κ1) is 23.1. The minimum absolute atomic E-state index is 0.0572. The summed E-state index contributed by atoms with van der Waals surface area (Å²) in [6.45, 7) is 6.81. The number of anilines is 2. The van der Waals surface area contributed by atoms with Gasteiger partial charge in [0.2, 0.25) is 5.91 Å². The van der Waals surface area contributed by atoms with E-state index in [1.54, 1.807) is 13.8 Å². The lowest BCUT2D eigenvalue weighted by Gasteiger charge is -2.29. The molecular formula is C22H25F2N5O3S. The molecule has 0 atom stereocenters. The van der Waals surface area contributed by atoms with Gasteiger partial charge in [0.25, 0.3) is 5.56 Å². The summed E-state index contributed by atoms with van der Waals surface area (Å²) in [6, 6.07) is 2.57. The lowest BCUT2D eigenvalue weighted by atomic mass is 10.00. The van der Waals surface area contributed by atoms with Crippen molar-refractivity contribution in [2.24, 2.45) is 5.92 Å². The quantitative estimate of drug-likeness (QED) is 0.609. The topological polar surface area (TPSA) is 89.2 Å². The Morgan fingerprint density at radius 3 is 2.55 bits per heavy atom. The molecule has 1 aliphatic heterocycles. The molecule has 0 bridgehead atoms. The molecule has 33 heavy (non-hydrogen) atoms. The van der Waals surface area contributed by atoms with Crippen LogP contribution < -0.4 is 21.5 Å². The van der Waals surface area contributed by atoms with Crippen molar-refractivity contribution in [2.45, 2.75) is 46.2 Å². The molecule has 1 aliphatic rings. The Morgan fingerprint density at radius 1 is 1.21 bits per heavy atom. The van der Waals surface area contributed by atoms with Crippen LogP contribution in [-0.4, -0.2) is 33.1 Å². The highest BCUT2D eigenvalue weighted by Crippen LogP contribution is 2.29.